The number of carbonyl (C=O) groups excluding carboxylic acids is 10. The first-order chi connectivity index (χ1) is 36.0. The summed E-state index contributed by atoms with van der Waals surface area (Å²) in [5, 5.41) is 99.5. The van der Waals surface area contributed by atoms with Crippen LogP contribution in [-0.4, -0.2) is 198 Å². The zero-order valence-electron chi connectivity index (χ0n) is 42.4. The van der Waals surface area contributed by atoms with Crippen molar-refractivity contribution in [2.24, 2.45) is 11.5 Å². The zero-order valence-corrected chi connectivity index (χ0v) is 42.4. The molecule has 28 nitrogen and oxygen atoms in total. The smallest absolute Gasteiger partial charge is 0.248 e. The average Bonchev–Trinajstić information content (AvgIpc) is 3.79. The molecule has 19 N–H and O–H groups in total. The maximum atomic E-state index is 14.1. The van der Waals surface area contributed by atoms with Gasteiger partial charge in [0, 0.05) is 13.0 Å². The third-order valence-corrected chi connectivity index (χ3v) is 13.0. The third kappa shape index (κ3) is 19.9. The largest absolute Gasteiger partial charge is 0.508 e. The van der Waals surface area contributed by atoms with Gasteiger partial charge in [-0.15, -0.1) is 0 Å². The van der Waals surface area contributed by atoms with Crippen LogP contribution in [0, 0.1) is 0 Å². The summed E-state index contributed by atoms with van der Waals surface area (Å²) >= 11 is 0. The summed E-state index contributed by atoms with van der Waals surface area (Å²) in [6.45, 7) is -1.63. The standard InChI is InChI=1S/C48H76N10O18/c1-2-3-4-5-6-7-8-9-10-11-13-26(61)14-12-15-29-42(70)51-21-33(64)52-31(24-60)48(76)58-22-28(63)20-32(58)44(72)54-30(23-59)43(71)55-34(37(65)25-16-18-27(62)19-17-25)46(74)57-36(39(67)41(50)69)47(75)56-35(45(73)53-29)38(66)40(49)68/h16-19,26,28-32,34-39,59-63,65-67H,2-15,20-24H2,1H3,(H2,49,68)(H2,50,69)(H,51,70)(H,52,64)(H,53,73)(H,54,72)(H,55,71)(H,56,75)(H,57,74)/t26?,28?,29-,30-,31-,32-,34-,35-,36-,37?,38?,39?/m0/s1. The molecule has 28 heteroatoms. The number of aliphatic hydroxyl groups is 7. The number of phenolic OH excluding ortho intramolecular Hbond substituents is 1. The highest BCUT2D eigenvalue weighted by Crippen LogP contribution is 2.23. The van der Waals surface area contributed by atoms with E-state index in [4.69, 9.17) is 11.5 Å². The number of aromatic hydroxyl groups is 1. The molecule has 12 atom stereocenters. The lowest BCUT2D eigenvalue weighted by molar-refractivity contribution is -0.144. The first-order valence-corrected chi connectivity index (χ1v) is 25.4. The van der Waals surface area contributed by atoms with Gasteiger partial charge in [-0.1, -0.05) is 83.3 Å². The summed E-state index contributed by atoms with van der Waals surface area (Å²) < 4.78 is 0. The summed E-state index contributed by atoms with van der Waals surface area (Å²) in [6, 6.07) is -10.3. The number of hydrogen-bond acceptors (Lipinski definition) is 18. The van der Waals surface area contributed by atoms with Crippen LogP contribution in [0.2, 0.25) is 0 Å². The van der Waals surface area contributed by atoms with Crippen LogP contribution in [0.1, 0.15) is 115 Å². The van der Waals surface area contributed by atoms with Crippen molar-refractivity contribution in [3.05, 3.63) is 29.8 Å². The maximum absolute atomic E-state index is 14.1. The molecule has 2 fully saturated rings. The van der Waals surface area contributed by atoms with E-state index in [2.05, 4.69) is 33.5 Å². The van der Waals surface area contributed by atoms with E-state index in [-0.39, 0.29) is 30.6 Å². The first-order valence-electron chi connectivity index (χ1n) is 25.4. The van der Waals surface area contributed by atoms with Gasteiger partial charge in [-0.2, -0.15) is 0 Å². The van der Waals surface area contributed by atoms with Crippen LogP contribution in [0.15, 0.2) is 24.3 Å². The van der Waals surface area contributed by atoms with Crippen LogP contribution in [0.25, 0.3) is 0 Å². The summed E-state index contributed by atoms with van der Waals surface area (Å²) in [5.74, 6) is -14.5. The van der Waals surface area contributed by atoms with E-state index >= 15 is 0 Å². The first kappa shape index (κ1) is 63.7. The molecule has 2 aliphatic rings. The van der Waals surface area contributed by atoms with Crippen molar-refractivity contribution in [1.29, 1.82) is 0 Å². The number of carbonyl (C=O) groups is 10. The molecule has 3 rings (SSSR count). The van der Waals surface area contributed by atoms with Crippen LogP contribution in [0.5, 0.6) is 5.75 Å². The van der Waals surface area contributed by atoms with Gasteiger partial charge in [0.05, 0.1) is 32.0 Å². The molecule has 0 radical (unpaired) electrons. The quantitative estimate of drug-likeness (QED) is 0.0454. The minimum absolute atomic E-state index is 0.0298. The second-order valence-corrected chi connectivity index (χ2v) is 19.0. The van der Waals surface area contributed by atoms with Gasteiger partial charge in [-0.05, 0) is 43.4 Å². The van der Waals surface area contributed by atoms with Gasteiger partial charge in [0.2, 0.25) is 59.1 Å². The van der Waals surface area contributed by atoms with Crippen molar-refractivity contribution < 1.29 is 88.8 Å². The molecule has 426 valence electrons. The third-order valence-electron chi connectivity index (χ3n) is 13.0. The lowest BCUT2D eigenvalue weighted by Crippen LogP contribution is -2.66. The second-order valence-electron chi connectivity index (χ2n) is 19.0. The van der Waals surface area contributed by atoms with Crippen molar-refractivity contribution in [3.8, 4) is 5.75 Å². The number of nitrogens with two attached hydrogens (primary N) is 2. The summed E-state index contributed by atoms with van der Waals surface area (Å²) in [5.41, 5.74) is 10.4. The van der Waals surface area contributed by atoms with Crippen LogP contribution in [-0.2, 0) is 47.9 Å². The molecule has 76 heavy (non-hydrogen) atoms. The van der Waals surface area contributed by atoms with E-state index in [1.54, 1.807) is 0 Å². The molecule has 5 unspecified atom stereocenters. The highest BCUT2D eigenvalue weighted by atomic mass is 16.3. The summed E-state index contributed by atoms with van der Waals surface area (Å²) in [7, 11) is 0. The predicted octanol–water partition coefficient (Wildman–Crippen LogP) is -6.05. The molecule has 10 amide bonds. The number of phenols is 1. The van der Waals surface area contributed by atoms with Crippen molar-refractivity contribution in [2.45, 2.75) is 176 Å². The minimum atomic E-state index is -2.72. The molecule has 0 aliphatic carbocycles. The molecule has 0 aromatic heterocycles. The monoisotopic (exact) mass is 1080 g/mol. The Balaban J connectivity index is 2.04. The second kappa shape index (κ2) is 32.1. The van der Waals surface area contributed by atoms with Gasteiger partial charge in [0.15, 0.2) is 12.2 Å². The number of unbranched alkanes of at least 4 members (excludes halogenated alkanes) is 9. The lowest BCUT2D eigenvalue weighted by Gasteiger charge is -2.31. The number of hydrogen-bond donors (Lipinski definition) is 17. The van der Waals surface area contributed by atoms with E-state index in [1.807, 2.05) is 10.6 Å². The zero-order chi connectivity index (χ0) is 56.6. The van der Waals surface area contributed by atoms with Gasteiger partial charge in [-0.3, -0.25) is 47.9 Å². The maximum Gasteiger partial charge on any atom is 0.248 e. The average molecular weight is 1080 g/mol. The highest BCUT2D eigenvalue weighted by molar-refractivity contribution is 6.01. The summed E-state index contributed by atoms with van der Waals surface area (Å²) in [4.78, 5) is 136. The Morgan fingerprint density at radius 2 is 1.09 bits per heavy atom. The number of aliphatic hydroxyl groups excluding tert-OH is 7. The van der Waals surface area contributed by atoms with Crippen molar-refractivity contribution in [3.63, 3.8) is 0 Å². The Morgan fingerprint density at radius 3 is 1.63 bits per heavy atom. The normalized spacial score (nSPS) is 25.4. The van der Waals surface area contributed by atoms with Crippen LogP contribution >= 0.6 is 0 Å². The van der Waals surface area contributed by atoms with Gasteiger partial charge < -0.3 is 94.4 Å². The Hall–Kier alpha value is -6.56. The predicted molar refractivity (Wildman–Crippen MR) is 265 cm³/mol. The van der Waals surface area contributed by atoms with Crippen molar-refractivity contribution in [1.82, 2.24) is 42.1 Å². The Labute approximate surface area is 438 Å². The molecule has 1 aromatic rings. The fourth-order valence-corrected chi connectivity index (χ4v) is 8.59. The molecule has 1 aromatic carbocycles. The van der Waals surface area contributed by atoms with E-state index in [0.717, 1.165) is 67.7 Å². The van der Waals surface area contributed by atoms with Gasteiger partial charge in [0.25, 0.3) is 0 Å². The van der Waals surface area contributed by atoms with E-state index in [9.17, 15) is 88.8 Å². The molecule has 2 heterocycles. The Morgan fingerprint density at radius 1 is 0.605 bits per heavy atom. The lowest BCUT2D eigenvalue weighted by atomic mass is 9.99. The van der Waals surface area contributed by atoms with Crippen molar-refractivity contribution in [2.75, 3.05) is 26.3 Å². The van der Waals surface area contributed by atoms with E-state index in [0.29, 0.717) is 12.8 Å². The van der Waals surface area contributed by atoms with Crippen molar-refractivity contribution >= 4 is 59.1 Å². The molecular formula is C48H76N10O18. The number of primary amides is 2. The fourth-order valence-electron chi connectivity index (χ4n) is 8.59. The van der Waals surface area contributed by atoms with Crippen LogP contribution < -0.4 is 48.7 Å². The number of nitrogens with one attached hydrogen (secondary N) is 7. The van der Waals surface area contributed by atoms with Gasteiger partial charge in [-0.25, -0.2) is 0 Å². The SMILES string of the molecule is CCCCCCCCCCCCC(O)CCC[C@@H]1NC(=O)[C@H](C(O)C(N)=O)NC(=O)[C@H](C(O)C(N)=O)NC(=O)[C@H](C(O)c2ccc(O)cc2)NC(=O)[C@H](CO)NC(=O)[C@@H]2CC(O)CN2C(=O)[C@H](CO)NC(=O)CNC1=O. The highest BCUT2D eigenvalue weighted by Gasteiger charge is 2.44. The Kier molecular flexibility index (Phi) is 26.9. The number of rotatable bonds is 23. The minimum Gasteiger partial charge on any atom is -0.508 e. The Bertz CT molecular complexity index is 2140. The molecule has 0 saturated carbocycles. The molecule has 2 aliphatic heterocycles. The number of fused-ring (bicyclic) bond motifs is 1. The topological polar surface area (TPSA) is 472 Å². The number of amides is 10. The number of nitrogens with zero attached hydrogens (tertiary/aromatic N) is 1. The van der Waals surface area contributed by atoms with Gasteiger partial charge >= 0.3 is 0 Å². The molecule has 0 spiro atoms. The fraction of sp³-hybridized carbons (Fsp3) is 0.667. The van der Waals surface area contributed by atoms with Crippen LogP contribution in [0.3, 0.4) is 0 Å². The molecular weight excluding hydrogens is 1000 g/mol. The van der Waals surface area contributed by atoms with Gasteiger partial charge in [0.1, 0.15) is 54.1 Å². The number of benzene rings is 1. The van der Waals surface area contributed by atoms with E-state index < -0.39 is 165 Å². The van der Waals surface area contributed by atoms with E-state index in [1.165, 1.54) is 19.3 Å². The summed E-state index contributed by atoms with van der Waals surface area (Å²) in [6.07, 6.45) is 0.665. The molecule has 2 saturated heterocycles. The van der Waals surface area contributed by atoms with Crippen LogP contribution in [0.4, 0.5) is 0 Å². The molecule has 0 bridgehead atoms.